The Kier molecular flexibility index (Phi) is 6.96. The van der Waals surface area contributed by atoms with Crippen molar-refractivity contribution in [2.24, 2.45) is 10.4 Å². The summed E-state index contributed by atoms with van der Waals surface area (Å²) in [6.45, 7) is 13.7. The van der Waals surface area contributed by atoms with Gasteiger partial charge < -0.3 is 4.90 Å². The molecule has 0 aromatic heterocycles. The standard InChI is InChI=1S/C19H26N2S3/c1-6-11-23-18(22)21-12-19(4,5)13-24-17(21)20-16-10-8-7-9-15(16)14(2)3/h6-10,14H,1,11-13H2,2-5H3. The highest BCUT2D eigenvalue weighted by atomic mass is 32.2. The minimum atomic E-state index is 0.222. The summed E-state index contributed by atoms with van der Waals surface area (Å²) in [4.78, 5) is 7.20. The molecule has 2 nitrogen and oxygen atoms in total. The van der Waals surface area contributed by atoms with E-state index in [4.69, 9.17) is 17.2 Å². The fourth-order valence-electron chi connectivity index (χ4n) is 2.50. The zero-order valence-corrected chi connectivity index (χ0v) is 17.4. The Morgan fingerprint density at radius 1 is 1.46 bits per heavy atom. The van der Waals surface area contributed by atoms with E-state index in [9.17, 15) is 0 Å². The Bertz CT molecular complexity index is 635. The summed E-state index contributed by atoms with van der Waals surface area (Å²) in [7, 11) is 0. The largest absolute Gasteiger partial charge is 0.306 e. The molecule has 1 aliphatic rings. The predicted octanol–water partition coefficient (Wildman–Crippen LogP) is 6.08. The molecule has 1 aromatic carbocycles. The van der Waals surface area contributed by atoms with Crippen molar-refractivity contribution in [1.29, 1.82) is 0 Å². The highest BCUT2D eigenvalue weighted by Gasteiger charge is 2.33. The van der Waals surface area contributed by atoms with Crippen LogP contribution in [0.15, 0.2) is 41.9 Å². The quantitative estimate of drug-likeness (QED) is 0.466. The molecule has 2 rings (SSSR count). The van der Waals surface area contributed by atoms with Crippen LogP contribution in [0.1, 0.15) is 39.2 Å². The molecule has 0 saturated carbocycles. The van der Waals surface area contributed by atoms with Gasteiger partial charge in [0.05, 0.1) is 5.69 Å². The lowest BCUT2D eigenvalue weighted by Gasteiger charge is -2.39. The summed E-state index contributed by atoms with van der Waals surface area (Å²) in [5.41, 5.74) is 2.55. The van der Waals surface area contributed by atoms with E-state index in [-0.39, 0.29) is 5.41 Å². The third-order valence-electron chi connectivity index (χ3n) is 3.73. The molecule has 0 unspecified atom stereocenters. The van der Waals surface area contributed by atoms with E-state index >= 15 is 0 Å². The molecule has 0 spiro atoms. The number of thiocarbonyl (C=S) groups is 1. The molecule has 0 aliphatic carbocycles. The van der Waals surface area contributed by atoms with Crippen molar-refractivity contribution in [3.8, 4) is 0 Å². The van der Waals surface area contributed by atoms with Crippen molar-refractivity contribution in [3.05, 3.63) is 42.5 Å². The molecule has 130 valence electrons. The summed E-state index contributed by atoms with van der Waals surface area (Å²) in [6.07, 6.45) is 1.89. The normalized spacial score (nSPS) is 18.9. The van der Waals surface area contributed by atoms with Crippen LogP contribution in [0, 0.1) is 5.41 Å². The molecule has 0 radical (unpaired) electrons. The molecule has 1 heterocycles. The molecule has 24 heavy (non-hydrogen) atoms. The van der Waals surface area contributed by atoms with Crippen molar-refractivity contribution in [3.63, 3.8) is 0 Å². The highest BCUT2D eigenvalue weighted by molar-refractivity contribution is 8.23. The molecule has 1 aromatic rings. The second-order valence-corrected chi connectivity index (χ2v) is 9.61. The lowest BCUT2D eigenvalue weighted by molar-refractivity contribution is 0.348. The zero-order valence-electron chi connectivity index (χ0n) is 14.9. The van der Waals surface area contributed by atoms with Crippen LogP contribution in [0.25, 0.3) is 0 Å². The summed E-state index contributed by atoms with van der Waals surface area (Å²) >= 11 is 9.12. The molecular formula is C19H26N2S3. The summed E-state index contributed by atoms with van der Waals surface area (Å²) in [6, 6.07) is 8.40. The topological polar surface area (TPSA) is 15.6 Å². The van der Waals surface area contributed by atoms with Crippen molar-refractivity contribution in [2.75, 3.05) is 18.1 Å². The lowest BCUT2D eigenvalue weighted by Crippen LogP contribution is -2.45. The van der Waals surface area contributed by atoms with Gasteiger partial charge in [0.15, 0.2) is 5.17 Å². The third kappa shape index (κ3) is 5.11. The number of para-hydroxylation sites is 1. The van der Waals surface area contributed by atoms with Crippen molar-refractivity contribution in [1.82, 2.24) is 4.90 Å². The van der Waals surface area contributed by atoms with Gasteiger partial charge in [0.25, 0.3) is 0 Å². The maximum atomic E-state index is 5.67. The number of amidine groups is 1. The van der Waals surface area contributed by atoms with Crippen LogP contribution in [0.4, 0.5) is 5.69 Å². The van der Waals surface area contributed by atoms with E-state index in [0.29, 0.717) is 5.92 Å². The molecule has 0 N–H and O–H groups in total. The van der Waals surface area contributed by atoms with E-state index in [1.165, 1.54) is 5.56 Å². The number of hydrogen-bond acceptors (Lipinski definition) is 4. The Hall–Kier alpha value is -0.780. The van der Waals surface area contributed by atoms with E-state index < -0.39 is 0 Å². The molecule has 0 amide bonds. The van der Waals surface area contributed by atoms with Crippen LogP contribution < -0.4 is 0 Å². The van der Waals surface area contributed by atoms with E-state index in [1.54, 1.807) is 23.5 Å². The fraction of sp³-hybridized carbons (Fsp3) is 0.474. The highest BCUT2D eigenvalue weighted by Crippen LogP contribution is 2.35. The van der Waals surface area contributed by atoms with Gasteiger partial charge in [-0.2, -0.15) is 0 Å². The van der Waals surface area contributed by atoms with Gasteiger partial charge in [0, 0.05) is 18.1 Å². The molecule has 5 heteroatoms. The number of rotatable bonds is 4. The van der Waals surface area contributed by atoms with Gasteiger partial charge in [0.1, 0.15) is 4.32 Å². The third-order valence-corrected chi connectivity index (χ3v) is 6.67. The van der Waals surface area contributed by atoms with Gasteiger partial charge in [-0.25, -0.2) is 4.99 Å². The van der Waals surface area contributed by atoms with Crippen LogP contribution in [0.2, 0.25) is 0 Å². The molecule has 0 atom stereocenters. The monoisotopic (exact) mass is 378 g/mol. The first-order chi connectivity index (χ1) is 11.3. The molecule has 1 aliphatic heterocycles. The summed E-state index contributed by atoms with van der Waals surface area (Å²) < 4.78 is 0.885. The van der Waals surface area contributed by atoms with Crippen LogP contribution >= 0.6 is 35.7 Å². The average molecular weight is 379 g/mol. The number of benzene rings is 1. The van der Waals surface area contributed by atoms with Crippen molar-refractivity contribution >= 4 is 50.9 Å². The van der Waals surface area contributed by atoms with Gasteiger partial charge in [-0.1, -0.05) is 87.7 Å². The average Bonchev–Trinajstić information content (AvgIpc) is 2.54. The van der Waals surface area contributed by atoms with E-state index in [0.717, 1.165) is 33.2 Å². The van der Waals surface area contributed by atoms with Crippen molar-refractivity contribution < 1.29 is 0 Å². The predicted molar refractivity (Wildman–Crippen MR) is 116 cm³/mol. The maximum Gasteiger partial charge on any atom is 0.169 e. The first-order valence-electron chi connectivity index (χ1n) is 8.19. The number of nitrogens with zero attached hydrogens (tertiary/aromatic N) is 2. The number of thioether (sulfide) groups is 2. The summed E-state index contributed by atoms with van der Waals surface area (Å²) in [5, 5.41) is 1.02. The van der Waals surface area contributed by atoms with Gasteiger partial charge in [-0.3, -0.25) is 0 Å². The Labute approximate surface area is 160 Å². The summed E-state index contributed by atoms with van der Waals surface area (Å²) in [5.74, 6) is 2.34. The minimum absolute atomic E-state index is 0.222. The zero-order chi connectivity index (χ0) is 17.7. The maximum absolute atomic E-state index is 5.67. The van der Waals surface area contributed by atoms with Crippen LogP contribution in [-0.2, 0) is 0 Å². The minimum Gasteiger partial charge on any atom is -0.306 e. The smallest absolute Gasteiger partial charge is 0.169 e. The molecule has 1 saturated heterocycles. The van der Waals surface area contributed by atoms with Crippen LogP contribution in [0.3, 0.4) is 0 Å². The van der Waals surface area contributed by atoms with E-state index in [2.05, 4.69) is 63.4 Å². The SMILES string of the molecule is C=CCSC(=S)N1CC(C)(C)CSC1=Nc1ccccc1C(C)C. The Morgan fingerprint density at radius 3 is 2.83 bits per heavy atom. The van der Waals surface area contributed by atoms with Gasteiger partial charge >= 0.3 is 0 Å². The number of hydrogen-bond donors (Lipinski definition) is 0. The first kappa shape index (κ1) is 19.5. The Balaban J connectivity index is 2.34. The van der Waals surface area contributed by atoms with Gasteiger partial charge in [-0.15, -0.1) is 6.58 Å². The second-order valence-electron chi connectivity index (χ2n) is 7.01. The molecule has 1 fully saturated rings. The second kappa shape index (κ2) is 8.54. The van der Waals surface area contributed by atoms with Crippen LogP contribution in [0.5, 0.6) is 0 Å². The molecular weight excluding hydrogens is 352 g/mol. The van der Waals surface area contributed by atoms with Crippen LogP contribution in [-0.4, -0.2) is 32.4 Å². The number of aliphatic imine (C=N–C) groups is 1. The van der Waals surface area contributed by atoms with E-state index in [1.807, 2.05) is 6.08 Å². The molecule has 0 bridgehead atoms. The van der Waals surface area contributed by atoms with Gasteiger partial charge in [0.2, 0.25) is 0 Å². The fourth-order valence-corrected chi connectivity index (χ4v) is 4.63. The lowest BCUT2D eigenvalue weighted by atomic mass is 9.96. The van der Waals surface area contributed by atoms with Gasteiger partial charge in [-0.05, 0) is 23.0 Å². The first-order valence-corrected chi connectivity index (χ1v) is 10.6. The van der Waals surface area contributed by atoms with Crippen molar-refractivity contribution in [2.45, 2.75) is 33.6 Å². The Morgan fingerprint density at radius 2 is 2.17 bits per heavy atom.